The van der Waals surface area contributed by atoms with Crippen LogP contribution in [0.2, 0.25) is 0 Å². The monoisotopic (exact) mass is 182 g/mol. The summed E-state index contributed by atoms with van der Waals surface area (Å²) in [7, 11) is 0. The first-order valence-electron chi connectivity index (χ1n) is 4.10. The molecular formula is C10H15FN2. The standard InChI is InChI=1S/C10H15FN2/c1-4-7-10(11)9(5-2)8-13-12-6-3/h4-7,13H,2,8H2,1,3H3/b7-4-,10-9-,12-6-. The van der Waals surface area contributed by atoms with Crippen molar-refractivity contribution in [2.24, 2.45) is 5.10 Å². The zero-order valence-electron chi connectivity index (χ0n) is 8.05. The highest BCUT2D eigenvalue weighted by Gasteiger charge is 1.97. The Morgan fingerprint density at radius 3 is 2.69 bits per heavy atom. The normalized spacial score (nSPS) is 13.5. The molecule has 3 heteroatoms. The largest absolute Gasteiger partial charge is 0.306 e. The van der Waals surface area contributed by atoms with Crippen LogP contribution in [0, 0.1) is 0 Å². The van der Waals surface area contributed by atoms with Crippen LogP contribution in [0.4, 0.5) is 4.39 Å². The number of rotatable bonds is 5. The molecule has 0 rings (SSSR count). The second-order valence-corrected chi connectivity index (χ2v) is 2.30. The predicted octanol–water partition coefficient (Wildman–Crippen LogP) is 2.57. The first kappa shape index (κ1) is 11.6. The average molecular weight is 182 g/mol. The van der Waals surface area contributed by atoms with E-state index in [1.165, 1.54) is 12.2 Å². The Balaban J connectivity index is 4.31. The summed E-state index contributed by atoms with van der Waals surface area (Å²) < 4.78 is 13.1. The van der Waals surface area contributed by atoms with Gasteiger partial charge >= 0.3 is 0 Å². The quantitative estimate of drug-likeness (QED) is 0.394. The van der Waals surface area contributed by atoms with E-state index in [1.54, 1.807) is 26.1 Å². The first-order chi connectivity index (χ1) is 6.26. The Kier molecular flexibility index (Phi) is 6.51. The minimum Gasteiger partial charge on any atom is -0.306 e. The number of nitrogens with one attached hydrogen (secondary N) is 1. The molecule has 2 nitrogen and oxygen atoms in total. The number of allylic oxidation sites excluding steroid dienone is 3. The van der Waals surface area contributed by atoms with Crippen LogP contribution in [-0.2, 0) is 0 Å². The van der Waals surface area contributed by atoms with Gasteiger partial charge in [0.15, 0.2) is 0 Å². The minimum atomic E-state index is -0.281. The van der Waals surface area contributed by atoms with Gasteiger partial charge < -0.3 is 5.43 Å². The lowest BCUT2D eigenvalue weighted by Gasteiger charge is -2.01. The molecule has 0 radical (unpaired) electrons. The van der Waals surface area contributed by atoms with Gasteiger partial charge in [0.2, 0.25) is 0 Å². The van der Waals surface area contributed by atoms with Crippen LogP contribution in [0.3, 0.4) is 0 Å². The Morgan fingerprint density at radius 2 is 2.23 bits per heavy atom. The van der Waals surface area contributed by atoms with E-state index >= 15 is 0 Å². The van der Waals surface area contributed by atoms with Gasteiger partial charge in [-0.2, -0.15) is 5.10 Å². The van der Waals surface area contributed by atoms with Crippen LogP contribution in [-0.4, -0.2) is 12.8 Å². The lowest BCUT2D eigenvalue weighted by Crippen LogP contribution is -2.09. The Labute approximate surface area is 78.5 Å². The van der Waals surface area contributed by atoms with E-state index in [4.69, 9.17) is 0 Å². The van der Waals surface area contributed by atoms with E-state index in [9.17, 15) is 4.39 Å². The summed E-state index contributed by atoms with van der Waals surface area (Å²) in [6.45, 7) is 7.42. The van der Waals surface area contributed by atoms with Gasteiger partial charge in [-0.3, -0.25) is 0 Å². The van der Waals surface area contributed by atoms with Crippen molar-refractivity contribution in [3.8, 4) is 0 Å². The van der Waals surface area contributed by atoms with Crippen molar-refractivity contribution in [2.75, 3.05) is 6.54 Å². The zero-order chi connectivity index (χ0) is 10.1. The van der Waals surface area contributed by atoms with Gasteiger partial charge in [-0.25, -0.2) is 4.39 Å². The third-order valence-electron chi connectivity index (χ3n) is 1.36. The molecule has 0 aromatic rings. The van der Waals surface area contributed by atoms with Crippen LogP contribution in [0.1, 0.15) is 13.8 Å². The summed E-state index contributed by atoms with van der Waals surface area (Å²) in [5.41, 5.74) is 3.20. The molecule has 0 bridgehead atoms. The predicted molar refractivity (Wildman–Crippen MR) is 55.3 cm³/mol. The smallest absolute Gasteiger partial charge is 0.127 e. The Bertz CT molecular complexity index is 239. The van der Waals surface area contributed by atoms with Crippen molar-refractivity contribution in [3.63, 3.8) is 0 Å². The van der Waals surface area contributed by atoms with Crippen molar-refractivity contribution in [3.05, 3.63) is 36.2 Å². The van der Waals surface area contributed by atoms with Gasteiger partial charge in [0.25, 0.3) is 0 Å². The van der Waals surface area contributed by atoms with Gasteiger partial charge in [-0.15, -0.1) is 0 Å². The molecule has 0 spiro atoms. The molecule has 0 aliphatic rings. The molecule has 0 amide bonds. The Hall–Kier alpha value is -1.38. The van der Waals surface area contributed by atoms with Gasteiger partial charge in [-0.05, 0) is 19.9 Å². The van der Waals surface area contributed by atoms with Crippen molar-refractivity contribution in [2.45, 2.75) is 13.8 Å². The summed E-state index contributed by atoms with van der Waals surface area (Å²) in [5.74, 6) is -0.281. The van der Waals surface area contributed by atoms with E-state index in [-0.39, 0.29) is 5.83 Å². The molecule has 0 heterocycles. The second-order valence-electron chi connectivity index (χ2n) is 2.30. The van der Waals surface area contributed by atoms with E-state index in [0.717, 1.165) is 0 Å². The fraction of sp³-hybridized carbons (Fsp3) is 0.300. The van der Waals surface area contributed by atoms with E-state index in [2.05, 4.69) is 17.1 Å². The van der Waals surface area contributed by atoms with Crippen LogP contribution >= 0.6 is 0 Å². The van der Waals surface area contributed by atoms with E-state index in [0.29, 0.717) is 12.1 Å². The molecule has 0 saturated heterocycles. The molecule has 13 heavy (non-hydrogen) atoms. The highest BCUT2D eigenvalue weighted by molar-refractivity contribution is 5.52. The summed E-state index contributed by atoms with van der Waals surface area (Å²) in [4.78, 5) is 0. The molecule has 0 saturated carbocycles. The highest BCUT2D eigenvalue weighted by atomic mass is 19.1. The second kappa shape index (κ2) is 7.28. The maximum Gasteiger partial charge on any atom is 0.127 e. The van der Waals surface area contributed by atoms with Crippen LogP contribution in [0.5, 0.6) is 0 Å². The summed E-state index contributed by atoms with van der Waals surface area (Å²) in [6.07, 6.45) is 6.12. The number of hydrogen-bond acceptors (Lipinski definition) is 2. The average Bonchev–Trinajstić information content (AvgIpc) is 2.13. The van der Waals surface area contributed by atoms with Crippen molar-refractivity contribution < 1.29 is 4.39 Å². The summed E-state index contributed by atoms with van der Waals surface area (Å²) in [5, 5.41) is 3.75. The number of halogens is 1. The van der Waals surface area contributed by atoms with Crippen LogP contribution < -0.4 is 5.43 Å². The van der Waals surface area contributed by atoms with Crippen molar-refractivity contribution in [1.29, 1.82) is 0 Å². The van der Waals surface area contributed by atoms with E-state index in [1.807, 2.05) is 0 Å². The molecule has 0 atom stereocenters. The topological polar surface area (TPSA) is 24.4 Å². The third kappa shape index (κ3) is 4.95. The van der Waals surface area contributed by atoms with E-state index < -0.39 is 0 Å². The van der Waals surface area contributed by atoms with Gasteiger partial charge in [0.05, 0.1) is 6.54 Å². The third-order valence-corrected chi connectivity index (χ3v) is 1.36. The first-order valence-corrected chi connectivity index (χ1v) is 4.10. The Morgan fingerprint density at radius 1 is 1.54 bits per heavy atom. The van der Waals surface area contributed by atoms with Crippen molar-refractivity contribution in [1.82, 2.24) is 5.43 Å². The van der Waals surface area contributed by atoms with Crippen LogP contribution in [0.25, 0.3) is 0 Å². The molecule has 1 N–H and O–H groups in total. The van der Waals surface area contributed by atoms with Crippen LogP contribution in [0.15, 0.2) is 41.3 Å². The molecular weight excluding hydrogens is 167 g/mol. The summed E-state index contributed by atoms with van der Waals surface area (Å²) in [6, 6.07) is 0. The fourth-order valence-electron chi connectivity index (χ4n) is 0.730. The highest BCUT2D eigenvalue weighted by Crippen LogP contribution is 2.07. The molecule has 0 aromatic heterocycles. The number of hydrazone groups is 1. The zero-order valence-corrected chi connectivity index (χ0v) is 8.05. The maximum absolute atomic E-state index is 13.1. The maximum atomic E-state index is 13.1. The lowest BCUT2D eigenvalue weighted by atomic mass is 10.2. The molecule has 0 aliphatic heterocycles. The molecule has 0 aromatic carbocycles. The minimum absolute atomic E-state index is 0.281. The fourth-order valence-corrected chi connectivity index (χ4v) is 0.730. The van der Waals surface area contributed by atoms with Gasteiger partial charge in [0, 0.05) is 11.8 Å². The van der Waals surface area contributed by atoms with Gasteiger partial charge in [0.1, 0.15) is 5.83 Å². The molecule has 0 unspecified atom stereocenters. The SMILES string of the molecule is C=C/C(CN/N=C\C)=C(F)\C=C/C. The lowest BCUT2D eigenvalue weighted by molar-refractivity contribution is 0.646. The molecule has 72 valence electrons. The number of hydrogen-bond donors (Lipinski definition) is 1. The molecule has 0 aliphatic carbocycles. The summed E-state index contributed by atoms with van der Waals surface area (Å²) >= 11 is 0. The number of nitrogens with zero attached hydrogens (tertiary/aromatic N) is 1. The molecule has 0 fully saturated rings. The van der Waals surface area contributed by atoms with Gasteiger partial charge in [-0.1, -0.05) is 18.7 Å². The van der Waals surface area contributed by atoms with Crippen molar-refractivity contribution >= 4 is 6.21 Å².